The van der Waals surface area contributed by atoms with Crippen molar-refractivity contribution in [2.75, 3.05) is 39.3 Å². The van der Waals surface area contributed by atoms with Crippen molar-refractivity contribution in [1.82, 2.24) is 20.5 Å². The van der Waals surface area contributed by atoms with E-state index >= 15 is 0 Å². The lowest BCUT2D eigenvalue weighted by Crippen LogP contribution is -2.38. The third kappa shape index (κ3) is 8.34. The highest BCUT2D eigenvalue weighted by Gasteiger charge is 2.33. The molecule has 0 amide bonds. The highest BCUT2D eigenvalue weighted by atomic mass is 32.1. The van der Waals surface area contributed by atoms with E-state index in [-0.39, 0.29) is 0 Å². The Morgan fingerprint density at radius 1 is 1.36 bits per heavy atom. The van der Waals surface area contributed by atoms with Gasteiger partial charge in [0.25, 0.3) is 0 Å². The number of hydrogen-bond donors (Lipinski definition) is 2. The SMILES string of the molecule is CCNC(=NCCCCN1CCCC(C)C1)NCCc1nc(C(F)(F)F)cs1. The first-order valence-corrected chi connectivity index (χ1v) is 11.0. The molecule has 1 fully saturated rings. The average Bonchev–Trinajstić information content (AvgIpc) is 3.11. The van der Waals surface area contributed by atoms with E-state index < -0.39 is 11.9 Å². The van der Waals surface area contributed by atoms with E-state index in [0.29, 0.717) is 23.9 Å². The summed E-state index contributed by atoms with van der Waals surface area (Å²) in [6.07, 6.45) is 0.884. The lowest BCUT2D eigenvalue weighted by Gasteiger charge is -2.30. The molecule has 2 rings (SSSR count). The molecule has 1 atom stereocenters. The zero-order valence-electron chi connectivity index (χ0n) is 16.8. The van der Waals surface area contributed by atoms with Crippen LogP contribution in [0.5, 0.6) is 0 Å². The van der Waals surface area contributed by atoms with Crippen molar-refractivity contribution >= 4 is 17.3 Å². The molecule has 0 bridgehead atoms. The number of aliphatic imine (C=N–C) groups is 1. The van der Waals surface area contributed by atoms with E-state index in [2.05, 4.69) is 32.4 Å². The Labute approximate surface area is 169 Å². The first kappa shape index (κ1) is 22.9. The number of thiazole rings is 1. The highest BCUT2D eigenvalue weighted by molar-refractivity contribution is 7.09. The molecule has 160 valence electrons. The Bertz CT molecular complexity index is 603. The van der Waals surface area contributed by atoms with Crippen molar-refractivity contribution in [3.05, 3.63) is 16.1 Å². The molecule has 5 nitrogen and oxygen atoms in total. The molecule has 28 heavy (non-hydrogen) atoms. The minimum atomic E-state index is -4.37. The van der Waals surface area contributed by atoms with Crippen LogP contribution in [0.15, 0.2) is 10.4 Å². The number of halogens is 3. The number of guanidine groups is 1. The molecular weight excluding hydrogens is 387 g/mol. The van der Waals surface area contributed by atoms with E-state index in [0.717, 1.165) is 55.1 Å². The maximum Gasteiger partial charge on any atom is 0.434 e. The van der Waals surface area contributed by atoms with E-state index in [9.17, 15) is 13.2 Å². The summed E-state index contributed by atoms with van der Waals surface area (Å²) in [6.45, 7) is 9.86. The molecular formula is C19H32F3N5S. The minimum absolute atomic E-state index is 0.443. The van der Waals surface area contributed by atoms with Gasteiger partial charge in [0.15, 0.2) is 11.7 Å². The van der Waals surface area contributed by atoms with Gasteiger partial charge in [-0.3, -0.25) is 4.99 Å². The van der Waals surface area contributed by atoms with Gasteiger partial charge >= 0.3 is 6.18 Å². The summed E-state index contributed by atoms with van der Waals surface area (Å²) in [6, 6.07) is 0. The molecule has 0 aromatic carbocycles. The van der Waals surface area contributed by atoms with Crippen LogP contribution in [0.4, 0.5) is 13.2 Å². The summed E-state index contributed by atoms with van der Waals surface area (Å²) >= 11 is 1.04. The van der Waals surface area contributed by atoms with Crippen LogP contribution in [-0.4, -0.2) is 55.1 Å². The van der Waals surface area contributed by atoms with E-state index in [1.54, 1.807) is 0 Å². The van der Waals surface area contributed by atoms with E-state index in [1.807, 2.05) is 6.92 Å². The van der Waals surface area contributed by atoms with Gasteiger partial charge < -0.3 is 15.5 Å². The molecule has 9 heteroatoms. The normalized spacial score (nSPS) is 19.0. The minimum Gasteiger partial charge on any atom is -0.357 e. The number of unbranched alkanes of at least 4 members (excludes halogenated alkanes) is 1. The van der Waals surface area contributed by atoms with E-state index in [1.165, 1.54) is 25.9 Å². The van der Waals surface area contributed by atoms with Crippen LogP contribution in [0.1, 0.15) is 50.2 Å². The van der Waals surface area contributed by atoms with Crippen LogP contribution in [0.3, 0.4) is 0 Å². The Kier molecular flexibility index (Phi) is 9.50. The van der Waals surface area contributed by atoms with Crippen LogP contribution in [0.25, 0.3) is 0 Å². The van der Waals surface area contributed by atoms with Crippen molar-refractivity contribution in [1.29, 1.82) is 0 Å². The van der Waals surface area contributed by atoms with Gasteiger partial charge in [-0.2, -0.15) is 13.2 Å². The summed E-state index contributed by atoms with van der Waals surface area (Å²) in [5.74, 6) is 1.52. The second-order valence-electron chi connectivity index (χ2n) is 7.32. The quantitative estimate of drug-likeness (QED) is 0.363. The molecule has 0 spiro atoms. The van der Waals surface area contributed by atoms with Gasteiger partial charge in [0, 0.05) is 38.0 Å². The molecule has 0 aliphatic carbocycles. The Morgan fingerprint density at radius 3 is 2.86 bits per heavy atom. The molecule has 1 saturated heterocycles. The molecule has 1 aromatic heterocycles. The van der Waals surface area contributed by atoms with Crippen molar-refractivity contribution in [2.45, 2.75) is 52.1 Å². The van der Waals surface area contributed by atoms with Crippen LogP contribution in [-0.2, 0) is 12.6 Å². The van der Waals surface area contributed by atoms with Crippen LogP contribution in [0, 0.1) is 5.92 Å². The maximum absolute atomic E-state index is 12.6. The number of rotatable bonds is 9. The first-order chi connectivity index (χ1) is 13.4. The summed E-state index contributed by atoms with van der Waals surface area (Å²) in [4.78, 5) is 10.8. The number of hydrogen-bond acceptors (Lipinski definition) is 4. The number of piperidine rings is 1. The summed E-state index contributed by atoms with van der Waals surface area (Å²) in [7, 11) is 0. The van der Waals surface area contributed by atoms with Crippen LogP contribution < -0.4 is 10.6 Å². The van der Waals surface area contributed by atoms with Gasteiger partial charge in [0.05, 0.1) is 5.01 Å². The van der Waals surface area contributed by atoms with Gasteiger partial charge in [-0.1, -0.05) is 6.92 Å². The number of alkyl halides is 3. The average molecular weight is 420 g/mol. The van der Waals surface area contributed by atoms with Crippen molar-refractivity contribution in [3.8, 4) is 0 Å². The van der Waals surface area contributed by atoms with Crippen LogP contribution in [0.2, 0.25) is 0 Å². The number of aromatic nitrogens is 1. The number of nitrogens with zero attached hydrogens (tertiary/aromatic N) is 3. The third-order valence-electron chi connectivity index (χ3n) is 4.71. The number of nitrogens with one attached hydrogen (secondary N) is 2. The topological polar surface area (TPSA) is 52.6 Å². The lowest BCUT2D eigenvalue weighted by atomic mass is 10.0. The molecule has 1 aliphatic heterocycles. The Morgan fingerprint density at radius 2 is 2.18 bits per heavy atom. The monoisotopic (exact) mass is 419 g/mol. The Balaban J connectivity index is 1.66. The molecule has 0 saturated carbocycles. The van der Waals surface area contributed by atoms with Crippen molar-refractivity contribution < 1.29 is 13.2 Å². The fourth-order valence-electron chi connectivity index (χ4n) is 3.31. The Hall–Kier alpha value is -1.35. The third-order valence-corrected chi connectivity index (χ3v) is 5.62. The molecule has 1 aliphatic rings. The highest BCUT2D eigenvalue weighted by Crippen LogP contribution is 2.30. The number of likely N-dealkylation sites (tertiary alicyclic amines) is 1. The maximum atomic E-state index is 12.6. The summed E-state index contributed by atoms with van der Waals surface area (Å²) in [5.41, 5.74) is -0.809. The second kappa shape index (κ2) is 11.6. The van der Waals surface area contributed by atoms with Gasteiger partial charge in [0.2, 0.25) is 0 Å². The van der Waals surface area contributed by atoms with Gasteiger partial charge in [-0.15, -0.1) is 11.3 Å². The molecule has 0 radical (unpaired) electrons. The fraction of sp³-hybridized carbons (Fsp3) is 0.789. The van der Waals surface area contributed by atoms with Crippen molar-refractivity contribution in [3.63, 3.8) is 0 Å². The first-order valence-electron chi connectivity index (χ1n) is 10.1. The smallest absolute Gasteiger partial charge is 0.357 e. The van der Waals surface area contributed by atoms with Gasteiger partial charge in [-0.25, -0.2) is 4.98 Å². The predicted molar refractivity (Wildman–Crippen MR) is 109 cm³/mol. The zero-order chi connectivity index (χ0) is 20.4. The second-order valence-corrected chi connectivity index (χ2v) is 8.26. The standard InChI is InChI=1S/C19H32F3N5S/c1-3-23-18(24-9-4-5-11-27-12-6-7-15(2)13-27)25-10-8-17-26-16(14-28-17)19(20,21)22/h14-15H,3-13H2,1-2H3,(H2,23,24,25). The summed E-state index contributed by atoms with van der Waals surface area (Å²) < 4.78 is 37.8. The molecule has 2 heterocycles. The zero-order valence-corrected chi connectivity index (χ0v) is 17.6. The largest absolute Gasteiger partial charge is 0.434 e. The summed E-state index contributed by atoms with van der Waals surface area (Å²) in [5, 5.41) is 7.90. The molecule has 1 aromatic rings. The van der Waals surface area contributed by atoms with Crippen LogP contribution >= 0.6 is 11.3 Å². The van der Waals surface area contributed by atoms with Gasteiger partial charge in [-0.05, 0) is 51.6 Å². The van der Waals surface area contributed by atoms with E-state index in [4.69, 9.17) is 0 Å². The van der Waals surface area contributed by atoms with Gasteiger partial charge in [0.1, 0.15) is 0 Å². The fourth-order valence-corrected chi connectivity index (χ4v) is 4.12. The predicted octanol–water partition coefficient (Wildman–Crippen LogP) is 3.77. The molecule has 1 unspecified atom stereocenters. The van der Waals surface area contributed by atoms with Crippen molar-refractivity contribution in [2.24, 2.45) is 10.9 Å². The molecule has 2 N–H and O–H groups in total. The lowest BCUT2D eigenvalue weighted by molar-refractivity contribution is -0.140.